The van der Waals surface area contributed by atoms with Crippen molar-refractivity contribution in [2.75, 3.05) is 81.5 Å². The number of carbonyl (C=O) groups is 6. The average Bonchev–Trinajstić information content (AvgIpc) is 0.772. The fourth-order valence-corrected chi connectivity index (χ4v) is 20.2. The molecule has 4 heterocycles. The van der Waals surface area contributed by atoms with Gasteiger partial charge in [-0.2, -0.15) is 0 Å². The van der Waals surface area contributed by atoms with E-state index in [1.165, 1.54) is 42.7 Å². The second-order valence-electron chi connectivity index (χ2n) is 37.5. The zero-order chi connectivity index (χ0) is 93.4. The Balaban J connectivity index is 0.954. The molecule has 0 radical (unpaired) electrons. The van der Waals surface area contributed by atoms with Gasteiger partial charge >= 0.3 is 29.5 Å². The first-order valence-electron chi connectivity index (χ1n) is 43.9. The molecular formula is C106H106N2O22Si2. The maximum absolute atomic E-state index is 17.2. The molecule has 2 aliphatic heterocycles. The molecule has 26 heteroatoms. The number of ether oxygens (including phenoxy) is 8. The molecule has 0 spiro atoms. The summed E-state index contributed by atoms with van der Waals surface area (Å²) in [4.78, 5) is 102. The standard InChI is InChI=1S/C106H106N2O22Si2/c1-103(2,3)63-29-37-67(38-30-63)125-85-55-75-89-76(98(110)107(97(75)109)79(101(113)123-49-47-121-59-131(115-13,116-14)117-15)53-61-27-45-83-73(51-61)71-23-19-21-25-81(71)129-83)57-87(127-69-41-33-65(34-42-69)105(7,8)9)93-94-88(128-70-43-35-66(36-44-70)106(10,11)12)58-78-90-77(56-86(92(96(90)94)91(85)95(89)93)126-68-39-31-64(32-40-68)104(4,5)6)99(111)108(100(78)112)80(102(114)124-50-48-122-60-132(118-16,119-17)120-18)54-62-28-46-84-74(52-62)72-24-20-22-26-82(72)130-84/h19-46,51-52,55-58,79-80H,47-50,53-54,59-60H2,1-18H3. The Bertz CT molecular complexity index is 6330. The topological polar surface area (TPSA) is 264 Å². The molecule has 13 aromatic carbocycles. The molecule has 0 saturated heterocycles. The quantitative estimate of drug-likeness (QED) is 0.00947. The summed E-state index contributed by atoms with van der Waals surface area (Å²) in [6.45, 7) is 24.1. The summed E-state index contributed by atoms with van der Waals surface area (Å²) in [5, 5.41) is 4.57. The van der Waals surface area contributed by atoms with Crippen LogP contribution >= 0.6 is 0 Å². The maximum Gasteiger partial charge on any atom is 0.527 e. The number of esters is 2. The predicted octanol–water partition coefficient (Wildman–Crippen LogP) is 22.3. The highest BCUT2D eigenvalue weighted by Crippen LogP contribution is 2.59. The van der Waals surface area contributed by atoms with E-state index in [2.05, 4.69) is 83.1 Å². The fraction of sp³-hybridized carbons (Fsp3) is 0.302. The molecule has 0 fully saturated rings. The first kappa shape index (κ1) is 91.2. The fourth-order valence-electron chi connectivity index (χ4n) is 17.7. The molecule has 0 saturated carbocycles. The zero-order valence-corrected chi connectivity index (χ0v) is 79.3. The average molecular weight is 1820 g/mol. The summed E-state index contributed by atoms with van der Waals surface area (Å²) in [6.07, 6.45) is -0.723. The minimum Gasteiger partial charge on any atom is -0.462 e. The Kier molecular flexibility index (Phi) is 24.7. The SMILES string of the molecule is CO[Si](COCCOC(=O)C(Cc1ccc2oc3ccccc3c2c1)N1C(=O)c2cc(Oc3ccc(C(C)(C)C)cc3)c3c4c(Oc5ccc(C(C)(C)C)cc5)cc5c6c(cc(Oc7ccc(C(C)(C)C)cc7)c(c7c(Oc8ccc(C(C)(C)C)cc8)cc(c2c37)C1=O)c64)C(=O)N(C(Cc1ccc2oc3ccccc3c2c1)C(=O)OCCOC[Si](OC)(OC)OC)C5=O)(OC)OC. The number of fused-ring (bicyclic) bond motifs is 8. The lowest BCUT2D eigenvalue weighted by Gasteiger charge is -2.35. The molecule has 2 atom stereocenters. The van der Waals surface area contributed by atoms with Crippen LogP contribution in [0.2, 0.25) is 0 Å². The monoisotopic (exact) mass is 1810 g/mol. The Morgan fingerprint density at radius 3 is 0.841 bits per heavy atom. The van der Waals surface area contributed by atoms with Crippen molar-refractivity contribution >= 4 is 140 Å². The molecule has 4 amide bonds. The largest absolute Gasteiger partial charge is 0.527 e. The van der Waals surface area contributed by atoms with E-state index in [1.807, 2.05) is 158 Å². The number of nitrogens with zero attached hydrogens (tertiary/aromatic N) is 2. The zero-order valence-electron chi connectivity index (χ0n) is 77.3. The van der Waals surface area contributed by atoms with Gasteiger partial charge in [0.05, 0.1) is 35.5 Å². The lowest BCUT2D eigenvalue weighted by molar-refractivity contribution is -0.150. The molecule has 17 rings (SSSR count). The third kappa shape index (κ3) is 17.2. The highest BCUT2D eigenvalue weighted by Gasteiger charge is 2.49. The van der Waals surface area contributed by atoms with Crippen LogP contribution in [0.25, 0.3) is 87.0 Å². The molecule has 15 aromatic rings. The van der Waals surface area contributed by atoms with E-state index in [0.717, 1.165) is 53.6 Å². The second kappa shape index (κ2) is 35.8. The van der Waals surface area contributed by atoms with Crippen molar-refractivity contribution in [2.24, 2.45) is 0 Å². The van der Waals surface area contributed by atoms with Crippen molar-refractivity contribution in [3.8, 4) is 46.0 Å². The molecule has 2 unspecified atom stereocenters. The van der Waals surface area contributed by atoms with Crippen molar-refractivity contribution in [3.63, 3.8) is 0 Å². The van der Waals surface area contributed by atoms with Gasteiger partial charge in [0, 0.05) is 120 Å². The van der Waals surface area contributed by atoms with Crippen LogP contribution in [0.5, 0.6) is 46.0 Å². The summed E-state index contributed by atoms with van der Waals surface area (Å²) < 4.78 is 101. The van der Waals surface area contributed by atoms with E-state index in [-0.39, 0.29) is 162 Å². The summed E-state index contributed by atoms with van der Waals surface area (Å²) in [5.74, 6) is -4.23. The number of para-hydroxylation sites is 2. The lowest BCUT2D eigenvalue weighted by atomic mass is 9.80. The smallest absolute Gasteiger partial charge is 0.462 e. The van der Waals surface area contributed by atoms with Crippen LogP contribution in [0.4, 0.5) is 0 Å². The van der Waals surface area contributed by atoms with E-state index in [0.29, 0.717) is 56.5 Å². The number of carbonyl (C=O) groups excluding carboxylic acids is 6. The van der Waals surface area contributed by atoms with Crippen LogP contribution in [0.15, 0.2) is 215 Å². The van der Waals surface area contributed by atoms with Crippen molar-refractivity contribution in [1.29, 1.82) is 0 Å². The van der Waals surface area contributed by atoms with E-state index >= 15 is 28.8 Å². The summed E-state index contributed by atoms with van der Waals surface area (Å²) in [6, 6.07) is 59.2. The van der Waals surface area contributed by atoms with Crippen LogP contribution in [0.3, 0.4) is 0 Å². The maximum atomic E-state index is 17.2. The van der Waals surface area contributed by atoms with Gasteiger partial charge in [0.15, 0.2) is 0 Å². The molecule has 132 heavy (non-hydrogen) atoms. The molecular weight excluding hydrogens is 1710 g/mol. The number of imide groups is 2. The van der Waals surface area contributed by atoms with E-state index in [9.17, 15) is 0 Å². The van der Waals surface area contributed by atoms with E-state index < -0.39 is 65.3 Å². The van der Waals surface area contributed by atoms with Gasteiger partial charge in [-0.25, -0.2) is 9.59 Å². The van der Waals surface area contributed by atoms with E-state index in [4.69, 9.17) is 73.3 Å². The Morgan fingerprint density at radius 2 is 0.576 bits per heavy atom. The number of furan rings is 2. The predicted molar refractivity (Wildman–Crippen MR) is 509 cm³/mol. The van der Waals surface area contributed by atoms with Crippen molar-refractivity contribution < 1.29 is 102 Å². The number of hydrogen-bond acceptors (Lipinski definition) is 22. The minimum absolute atomic E-state index is 0.0161. The number of rotatable bonds is 32. The van der Waals surface area contributed by atoms with Gasteiger partial charge in [0.1, 0.15) is 106 Å². The highest BCUT2D eigenvalue weighted by molar-refractivity contribution is 6.61. The van der Waals surface area contributed by atoms with Crippen LogP contribution in [-0.4, -0.2) is 157 Å². The third-order valence-corrected chi connectivity index (χ3v) is 29.9. The molecule has 2 aliphatic rings. The van der Waals surface area contributed by atoms with E-state index in [1.54, 1.807) is 48.5 Å². The normalized spacial score (nSPS) is 14.0. The lowest BCUT2D eigenvalue weighted by Crippen LogP contribution is -2.52. The first-order valence-corrected chi connectivity index (χ1v) is 47.8. The van der Waals surface area contributed by atoms with Crippen molar-refractivity contribution in [1.82, 2.24) is 9.80 Å². The first-order chi connectivity index (χ1) is 63.1. The Labute approximate surface area is 766 Å². The molecule has 2 aromatic heterocycles. The molecule has 0 N–H and O–H groups in total. The molecule has 24 nitrogen and oxygen atoms in total. The number of benzene rings is 13. The van der Waals surface area contributed by atoms with Crippen LogP contribution in [0.1, 0.15) is 158 Å². The summed E-state index contributed by atoms with van der Waals surface area (Å²) in [7, 11) is 2.12. The van der Waals surface area contributed by atoms with Crippen molar-refractivity contribution in [2.45, 2.75) is 130 Å². The van der Waals surface area contributed by atoms with Gasteiger partial charge in [-0.15, -0.1) is 0 Å². The van der Waals surface area contributed by atoms with Crippen LogP contribution < -0.4 is 18.9 Å². The van der Waals surface area contributed by atoms with Crippen LogP contribution in [0, 0.1) is 0 Å². The highest BCUT2D eigenvalue weighted by atomic mass is 28.4. The summed E-state index contributed by atoms with van der Waals surface area (Å²) >= 11 is 0. The molecule has 680 valence electrons. The van der Waals surface area contributed by atoms with Gasteiger partial charge in [0.2, 0.25) is 0 Å². The number of hydrogen-bond donors (Lipinski definition) is 0. The Hall–Kier alpha value is -12.7. The second-order valence-corrected chi connectivity index (χ2v) is 43.2. The van der Waals surface area contributed by atoms with Crippen LogP contribution in [-0.2, 0) is 89.6 Å². The molecule has 0 aliphatic carbocycles. The van der Waals surface area contributed by atoms with Gasteiger partial charge in [0.25, 0.3) is 23.6 Å². The molecule has 0 bridgehead atoms. The minimum atomic E-state index is -3.29. The number of amides is 4. The van der Waals surface area contributed by atoms with Crippen molar-refractivity contribution in [3.05, 3.63) is 262 Å². The van der Waals surface area contributed by atoms with Gasteiger partial charge in [-0.1, -0.05) is 180 Å². The van der Waals surface area contributed by atoms with Gasteiger partial charge < -0.3 is 73.3 Å². The van der Waals surface area contributed by atoms with Gasteiger partial charge in [-0.05, 0) is 164 Å². The summed E-state index contributed by atoms with van der Waals surface area (Å²) in [5.41, 5.74) is 5.73. The third-order valence-electron chi connectivity index (χ3n) is 25.0. The Morgan fingerprint density at radius 1 is 0.311 bits per heavy atom. The van der Waals surface area contributed by atoms with Gasteiger partial charge in [-0.3, -0.25) is 29.0 Å².